The lowest BCUT2D eigenvalue weighted by molar-refractivity contribution is -0.132. The van der Waals surface area contributed by atoms with Gasteiger partial charge >= 0.3 is 0 Å². The summed E-state index contributed by atoms with van der Waals surface area (Å²) >= 11 is 11.9. The second-order valence-electron chi connectivity index (χ2n) is 6.14. The van der Waals surface area contributed by atoms with Crippen LogP contribution in [0.1, 0.15) is 23.7 Å². The van der Waals surface area contributed by atoms with E-state index in [9.17, 15) is 18.0 Å². The van der Waals surface area contributed by atoms with Gasteiger partial charge in [0.1, 0.15) is 6.04 Å². The summed E-state index contributed by atoms with van der Waals surface area (Å²) in [6, 6.07) is 3.92. The van der Waals surface area contributed by atoms with Gasteiger partial charge in [-0.3, -0.25) is 9.59 Å². The Morgan fingerprint density at radius 3 is 2.50 bits per heavy atom. The number of rotatable bonds is 4. The molecule has 1 aliphatic heterocycles. The molecule has 1 unspecified atom stereocenters. The van der Waals surface area contributed by atoms with E-state index in [1.807, 2.05) is 0 Å². The van der Waals surface area contributed by atoms with Gasteiger partial charge in [0.05, 0.1) is 21.9 Å². The van der Waals surface area contributed by atoms with Crippen molar-refractivity contribution in [3.8, 4) is 0 Å². The van der Waals surface area contributed by atoms with Gasteiger partial charge in [-0.15, -0.1) is 0 Å². The molecule has 1 aromatic rings. The fourth-order valence-electron chi connectivity index (χ4n) is 2.73. The van der Waals surface area contributed by atoms with Crippen LogP contribution < -0.4 is 5.32 Å². The Balaban J connectivity index is 2.01. The van der Waals surface area contributed by atoms with E-state index in [0.29, 0.717) is 19.5 Å². The SMILES string of the molecule is CC(NC(=O)c1cccc(Cl)c1Cl)C(=O)N1CCCN(S(C)(=O)=O)CC1. The monoisotopic (exact) mass is 421 g/mol. The lowest BCUT2D eigenvalue weighted by Gasteiger charge is -2.25. The zero-order valence-corrected chi connectivity index (χ0v) is 16.9. The molecule has 0 bridgehead atoms. The number of halogens is 2. The van der Waals surface area contributed by atoms with Crippen LogP contribution in [-0.4, -0.2) is 67.9 Å². The highest BCUT2D eigenvalue weighted by Crippen LogP contribution is 2.25. The largest absolute Gasteiger partial charge is 0.340 e. The van der Waals surface area contributed by atoms with Gasteiger partial charge in [0.2, 0.25) is 15.9 Å². The third-order valence-corrected chi connectivity index (χ3v) is 6.27. The maximum Gasteiger partial charge on any atom is 0.253 e. The zero-order chi connectivity index (χ0) is 19.5. The summed E-state index contributed by atoms with van der Waals surface area (Å²) in [5.74, 6) is -0.766. The van der Waals surface area contributed by atoms with Crippen LogP contribution in [0.2, 0.25) is 10.0 Å². The molecule has 1 saturated heterocycles. The Morgan fingerprint density at radius 2 is 1.85 bits per heavy atom. The van der Waals surface area contributed by atoms with Crippen LogP contribution in [0, 0.1) is 0 Å². The summed E-state index contributed by atoms with van der Waals surface area (Å²) in [4.78, 5) is 26.5. The van der Waals surface area contributed by atoms with Gasteiger partial charge < -0.3 is 10.2 Å². The maximum atomic E-state index is 12.6. The molecule has 144 valence electrons. The highest BCUT2D eigenvalue weighted by atomic mass is 35.5. The van der Waals surface area contributed by atoms with Crippen molar-refractivity contribution in [2.75, 3.05) is 32.4 Å². The van der Waals surface area contributed by atoms with Gasteiger partial charge in [0, 0.05) is 26.2 Å². The molecule has 1 aromatic carbocycles. The Morgan fingerprint density at radius 1 is 1.15 bits per heavy atom. The standard InChI is InChI=1S/C16H21Cl2N3O4S/c1-11(19-15(22)12-5-3-6-13(17)14(12)18)16(23)20-7-4-8-21(10-9-20)26(2,24)25/h3,5-6,11H,4,7-10H2,1-2H3,(H,19,22). The molecule has 0 aliphatic carbocycles. The summed E-state index contributed by atoms with van der Waals surface area (Å²) < 4.78 is 24.7. The average Bonchev–Trinajstić information content (AvgIpc) is 2.82. The van der Waals surface area contributed by atoms with E-state index in [1.165, 1.54) is 10.4 Å². The van der Waals surface area contributed by atoms with Crippen molar-refractivity contribution in [2.45, 2.75) is 19.4 Å². The minimum Gasteiger partial charge on any atom is -0.340 e. The average molecular weight is 422 g/mol. The molecular weight excluding hydrogens is 401 g/mol. The minimum atomic E-state index is -3.28. The molecule has 2 amide bonds. The fraction of sp³-hybridized carbons (Fsp3) is 0.500. The maximum absolute atomic E-state index is 12.6. The number of nitrogens with one attached hydrogen (secondary N) is 1. The van der Waals surface area contributed by atoms with Crippen LogP contribution in [0.25, 0.3) is 0 Å². The number of hydrogen-bond acceptors (Lipinski definition) is 4. The van der Waals surface area contributed by atoms with Gasteiger partial charge in [-0.1, -0.05) is 29.3 Å². The number of carbonyl (C=O) groups is 2. The molecule has 1 heterocycles. The molecule has 26 heavy (non-hydrogen) atoms. The van der Waals surface area contributed by atoms with Gasteiger partial charge in [-0.2, -0.15) is 0 Å². The third kappa shape index (κ3) is 5.09. The first-order valence-electron chi connectivity index (χ1n) is 8.10. The first kappa shape index (κ1) is 21.0. The van der Waals surface area contributed by atoms with Crippen LogP contribution in [0.3, 0.4) is 0 Å². The lowest BCUT2D eigenvalue weighted by atomic mass is 10.2. The number of amides is 2. The molecular formula is C16H21Cl2N3O4S. The van der Waals surface area contributed by atoms with Crippen molar-refractivity contribution in [1.29, 1.82) is 0 Å². The van der Waals surface area contributed by atoms with Crippen LogP contribution in [0.15, 0.2) is 18.2 Å². The van der Waals surface area contributed by atoms with Crippen molar-refractivity contribution < 1.29 is 18.0 Å². The van der Waals surface area contributed by atoms with Crippen LogP contribution in [0.4, 0.5) is 0 Å². The number of carbonyl (C=O) groups excluding carboxylic acids is 2. The molecule has 0 aromatic heterocycles. The van der Waals surface area contributed by atoms with E-state index in [1.54, 1.807) is 24.0 Å². The molecule has 0 saturated carbocycles. The molecule has 2 rings (SSSR count). The van der Waals surface area contributed by atoms with Crippen molar-refractivity contribution in [3.05, 3.63) is 33.8 Å². The smallest absolute Gasteiger partial charge is 0.253 e. The molecule has 1 aliphatic rings. The van der Waals surface area contributed by atoms with E-state index < -0.39 is 22.0 Å². The molecule has 7 nitrogen and oxygen atoms in total. The Labute approximate surface area is 163 Å². The second-order valence-corrected chi connectivity index (χ2v) is 8.91. The van der Waals surface area contributed by atoms with E-state index in [-0.39, 0.29) is 34.6 Å². The van der Waals surface area contributed by atoms with E-state index in [0.717, 1.165) is 6.26 Å². The predicted octanol–water partition coefficient (Wildman–Crippen LogP) is 1.61. The number of sulfonamides is 1. The third-order valence-electron chi connectivity index (χ3n) is 4.15. The normalized spacial score (nSPS) is 17.5. The van der Waals surface area contributed by atoms with Crippen molar-refractivity contribution >= 4 is 45.0 Å². The first-order chi connectivity index (χ1) is 12.1. The summed E-state index contributed by atoms with van der Waals surface area (Å²) in [6.45, 7) is 2.91. The van der Waals surface area contributed by atoms with Crippen LogP contribution in [0.5, 0.6) is 0 Å². The van der Waals surface area contributed by atoms with Crippen molar-refractivity contribution in [2.24, 2.45) is 0 Å². The first-order valence-corrected chi connectivity index (χ1v) is 10.7. The van der Waals surface area contributed by atoms with E-state index in [2.05, 4.69) is 5.32 Å². The van der Waals surface area contributed by atoms with Gasteiger partial charge in [0.25, 0.3) is 5.91 Å². The fourth-order valence-corrected chi connectivity index (χ4v) is 4.00. The molecule has 1 atom stereocenters. The predicted molar refractivity (Wildman–Crippen MR) is 101 cm³/mol. The van der Waals surface area contributed by atoms with E-state index in [4.69, 9.17) is 23.2 Å². The summed E-state index contributed by atoms with van der Waals surface area (Å²) in [5.41, 5.74) is 0.193. The van der Waals surface area contributed by atoms with E-state index >= 15 is 0 Å². The number of hydrogen-bond donors (Lipinski definition) is 1. The topological polar surface area (TPSA) is 86.8 Å². The minimum absolute atomic E-state index is 0.130. The molecule has 1 N–H and O–H groups in total. The summed E-state index contributed by atoms with van der Waals surface area (Å²) in [6.07, 6.45) is 1.70. The van der Waals surface area contributed by atoms with Crippen LogP contribution in [-0.2, 0) is 14.8 Å². The number of nitrogens with zero attached hydrogens (tertiary/aromatic N) is 2. The Hall–Kier alpha value is -1.35. The van der Waals surface area contributed by atoms with Gasteiger partial charge in [-0.25, -0.2) is 12.7 Å². The summed E-state index contributed by atoms with van der Waals surface area (Å²) in [7, 11) is -3.28. The Kier molecular flexibility index (Phi) is 6.90. The molecule has 1 fully saturated rings. The second kappa shape index (κ2) is 8.56. The highest BCUT2D eigenvalue weighted by Gasteiger charge is 2.27. The van der Waals surface area contributed by atoms with Crippen LogP contribution >= 0.6 is 23.2 Å². The zero-order valence-electron chi connectivity index (χ0n) is 14.5. The lowest BCUT2D eigenvalue weighted by Crippen LogP contribution is -2.48. The van der Waals surface area contributed by atoms with Gasteiger partial charge in [-0.05, 0) is 25.5 Å². The van der Waals surface area contributed by atoms with Gasteiger partial charge in [0.15, 0.2) is 0 Å². The summed E-state index contributed by atoms with van der Waals surface area (Å²) in [5, 5.41) is 3.00. The quantitative estimate of drug-likeness (QED) is 0.799. The molecule has 0 radical (unpaired) electrons. The Bertz CT molecular complexity index is 801. The molecule has 0 spiro atoms. The molecule has 10 heteroatoms. The highest BCUT2D eigenvalue weighted by molar-refractivity contribution is 7.88. The van der Waals surface area contributed by atoms with Crippen molar-refractivity contribution in [3.63, 3.8) is 0 Å². The van der Waals surface area contributed by atoms with Crippen molar-refractivity contribution in [1.82, 2.24) is 14.5 Å². The number of benzene rings is 1.